The Bertz CT molecular complexity index is 791. The van der Waals surface area contributed by atoms with Crippen molar-refractivity contribution in [2.45, 2.75) is 43.9 Å². The van der Waals surface area contributed by atoms with Crippen molar-refractivity contribution in [3.63, 3.8) is 0 Å². The molecule has 0 aliphatic carbocycles. The first-order chi connectivity index (χ1) is 11.8. The highest BCUT2D eigenvalue weighted by Crippen LogP contribution is 2.44. The second kappa shape index (κ2) is 6.83. The van der Waals surface area contributed by atoms with Crippen LogP contribution in [0.2, 0.25) is 0 Å². The largest absolute Gasteiger partial charge is 0.508 e. The molecule has 26 heavy (non-hydrogen) atoms. The minimum absolute atomic E-state index is 0.0684. The summed E-state index contributed by atoms with van der Waals surface area (Å²) in [5.74, 6) is -2.07. The SMILES string of the molecule is CC(C)(CC(O)(Cc1ccnc(F)c1)C(F)(F)F)c1cc(F)ccc1O. The van der Waals surface area contributed by atoms with Crippen molar-refractivity contribution in [1.29, 1.82) is 0 Å². The molecule has 0 aliphatic rings. The number of hydrogen-bond acceptors (Lipinski definition) is 3. The van der Waals surface area contributed by atoms with E-state index in [1.54, 1.807) is 0 Å². The second-order valence-electron chi connectivity index (χ2n) is 6.92. The number of rotatable bonds is 5. The number of nitrogens with zero attached hydrogens (tertiary/aromatic N) is 1. The van der Waals surface area contributed by atoms with Crippen molar-refractivity contribution < 1.29 is 32.2 Å². The molecule has 142 valence electrons. The molecule has 1 heterocycles. The first-order valence-electron chi connectivity index (χ1n) is 7.73. The van der Waals surface area contributed by atoms with Crippen LogP contribution in [0.25, 0.3) is 0 Å². The van der Waals surface area contributed by atoms with Gasteiger partial charge in [0.15, 0.2) is 5.60 Å². The zero-order valence-electron chi connectivity index (χ0n) is 14.1. The second-order valence-corrected chi connectivity index (χ2v) is 6.92. The van der Waals surface area contributed by atoms with E-state index in [1.165, 1.54) is 19.9 Å². The van der Waals surface area contributed by atoms with Gasteiger partial charge in [-0.1, -0.05) is 13.8 Å². The Labute approximate surface area is 147 Å². The Kier molecular flexibility index (Phi) is 5.28. The van der Waals surface area contributed by atoms with E-state index in [0.717, 1.165) is 30.5 Å². The van der Waals surface area contributed by atoms with E-state index in [1.807, 2.05) is 0 Å². The number of phenols is 1. The van der Waals surface area contributed by atoms with Crippen molar-refractivity contribution in [3.05, 3.63) is 59.4 Å². The van der Waals surface area contributed by atoms with Gasteiger partial charge in [0.1, 0.15) is 11.6 Å². The number of hydrogen-bond donors (Lipinski definition) is 2. The summed E-state index contributed by atoms with van der Waals surface area (Å²) >= 11 is 0. The number of pyridine rings is 1. The van der Waals surface area contributed by atoms with Gasteiger partial charge in [0, 0.05) is 18.2 Å². The third kappa shape index (κ3) is 4.30. The highest BCUT2D eigenvalue weighted by molar-refractivity contribution is 5.38. The number of phenolic OH excluding ortho intramolecular Hbond substituents is 1. The summed E-state index contributed by atoms with van der Waals surface area (Å²) in [5.41, 5.74) is -4.80. The maximum absolute atomic E-state index is 13.6. The Hall–Kier alpha value is -2.22. The van der Waals surface area contributed by atoms with Crippen molar-refractivity contribution in [1.82, 2.24) is 4.98 Å². The molecular formula is C18H18F5NO2. The van der Waals surface area contributed by atoms with Gasteiger partial charge in [0.2, 0.25) is 5.95 Å². The molecule has 1 aromatic carbocycles. The van der Waals surface area contributed by atoms with Crippen molar-refractivity contribution >= 4 is 0 Å². The molecule has 2 rings (SSSR count). The van der Waals surface area contributed by atoms with Gasteiger partial charge < -0.3 is 10.2 Å². The fraction of sp³-hybridized carbons (Fsp3) is 0.389. The average molecular weight is 375 g/mol. The predicted molar refractivity (Wildman–Crippen MR) is 84.6 cm³/mol. The molecule has 0 amide bonds. The third-order valence-electron chi connectivity index (χ3n) is 4.24. The molecule has 0 fully saturated rings. The van der Waals surface area contributed by atoms with Crippen LogP contribution < -0.4 is 0 Å². The molecule has 1 unspecified atom stereocenters. The Morgan fingerprint density at radius 3 is 2.27 bits per heavy atom. The molecule has 2 N–H and O–H groups in total. The van der Waals surface area contributed by atoms with Gasteiger partial charge in [0.25, 0.3) is 0 Å². The Morgan fingerprint density at radius 2 is 1.69 bits per heavy atom. The molecule has 0 saturated carbocycles. The summed E-state index contributed by atoms with van der Waals surface area (Å²) in [7, 11) is 0. The highest BCUT2D eigenvalue weighted by Gasteiger charge is 2.56. The van der Waals surface area contributed by atoms with Crippen LogP contribution in [0.4, 0.5) is 22.0 Å². The van der Waals surface area contributed by atoms with E-state index >= 15 is 0 Å². The van der Waals surface area contributed by atoms with Gasteiger partial charge in [-0.15, -0.1) is 0 Å². The van der Waals surface area contributed by atoms with Crippen LogP contribution in [0.5, 0.6) is 5.75 Å². The summed E-state index contributed by atoms with van der Waals surface area (Å²) in [5, 5.41) is 20.3. The number of benzene rings is 1. The molecule has 3 nitrogen and oxygen atoms in total. The molecule has 1 atom stereocenters. The van der Waals surface area contributed by atoms with Crippen molar-refractivity contribution in [2.24, 2.45) is 0 Å². The lowest BCUT2D eigenvalue weighted by Crippen LogP contribution is -2.50. The van der Waals surface area contributed by atoms with Crippen molar-refractivity contribution in [2.75, 3.05) is 0 Å². The summed E-state index contributed by atoms with van der Waals surface area (Å²) in [6.07, 6.45) is -5.81. The molecule has 1 aromatic heterocycles. The van der Waals surface area contributed by atoms with E-state index in [4.69, 9.17) is 0 Å². The lowest BCUT2D eigenvalue weighted by molar-refractivity contribution is -0.266. The van der Waals surface area contributed by atoms with Gasteiger partial charge >= 0.3 is 6.18 Å². The van der Waals surface area contributed by atoms with Gasteiger partial charge in [-0.2, -0.15) is 17.6 Å². The minimum atomic E-state index is -5.03. The first-order valence-corrected chi connectivity index (χ1v) is 7.73. The van der Waals surface area contributed by atoms with Crippen LogP contribution >= 0.6 is 0 Å². The van der Waals surface area contributed by atoms with Crippen LogP contribution in [0, 0.1) is 11.8 Å². The third-order valence-corrected chi connectivity index (χ3v) is 4.24. The minimum Gasteiger partial charge on any atom is -0.508 e. The molecule has 8 heteroatoms. The maximum atomic E-state index is 13.6. The van der Waals surface area contributed by atoms with E-state index in [9.17, 15) is 32.2 Å². The monoisotopic (exact) mass is 375 g/mol. The van der Waals surface area contributed by atoms with Crippen LogP contribution in [-0.4, -0.2) is 27.0 Å². The number of aromatic hydroxyl groups is 1. The lowest BCUT2D eigenvalue weighted by atomic mass is 9.73. The normalized spacial score (nSPS) is 14.9. The van der Waals surface area contributed by atoms with Crippen LogP contribution in [0.1, 0.15) is 31.4 Å². The summed E-state index contributed by atoms with van der Waals surface area (Å²) in [4.78, 5) is 3.27. The standard InChI is InChI=1S/C18H18F5NO2/c1-16(2,13-8-12(19)3-4-14(13)25)10-17(26,18(21,22)23)9-11-5-6-24-15(20)7-11/h3-8,25-26H,9-10H2,1-2H3. The number of aromatic nitrogens is 1. The van der Waals surface area contributed by atoms with Gasteiger partial charge in [-0.3, -0.25) is 0 Å². The van der Waals surface area contributed by atoms with E-state index in [-0.39, 0.29) is 16.9 Å². The number of halogens is 5. The zero-order valence-corrected chi connectivity index (χ0v) is 14.1. The lowest BCUT2D eigenvalue weighted by Gasteiger charge is -2.38. The highest BCUT2D eigenvalue weighted by atomic mass is 19.4. The molecule has 2 aromatic rings. The molecule has 0 radical (unpaired) electrons. The smallest absolute Gasteiger partial charge is 0.417 e. The molecule has 0 saturated heterocycles. The van der Waals surface area contributed by atoms with Crippen LogP contribution in [-0.2, 0) is 11.8 Å². The molecule has 0 aliphatic heterocycles. The molecule has 0 bridgehead atoms. The van der Waals surface area contributed by atoms with Crippen LogP contribution in [0.15, 0.2) is 36.5 Å². The summed E-state index contributed by atoms with van der Waals surface area (Å²) in [6, 6.07) is 4.93. The van der Waals surface area contributed by atoms with Gasteiger partial charge in [0.05, 0.1) is 0 Å². The van der Waals surface area contributed by atoms with E-state index < -0.39 is 41.8 Å². The van der Waals surface area contributed by atoms with Gasteiger partial charge in [-0.25, -0.2) is 9.37 Å². The molecule has 0 spiro atoms. The fourth-order valence-corrected chi connectivity index (χ4v) is 3.03. The van der Waals surface area contributed by atoms with Gasteiger partial charge in [-0.05, 0) is 47.7 Å². The molecular weight excluding hydrogens is 357 g/mol. The fourth-order valence-electron chi connectivity index (χ4n) is 3.03. The quantitative estimate of drug-likeness (QED) is 0.606. The Balaban J connectivity index is 2.42. The number of aliphatic hydroxyl groups is 1. The maximum Gasteiger partial charge on any atom is 0.417 e. The average Bonchev–Trinajstić information content (AvgIpc) is 2.48. The zero-order chi connectivity index (χ0) is 19.8. The Morgan fingerprint density at radius 1 is 1.04 bits per heavy atom. The number of alkyl halides is 3. The first kappa shape index (κ1) is 20.1. The van der Waals surface area contributed by atoms with Crippen molar-refractivity contribution in [3.8, 4) is 5.75 Å². The summed E-state index contributed by atoms with van der Waals surface area (Å²) in [6.45, 7) is 2.71. The van der Waals surface area contributed by atoms with E-state index in [0.29, 0.717) is 0 Å². The van der Waals surface area contributed by atoms with Crippen LogP contribution in [0.3, 0.4) is 0 Å². The topological polar surface area (TPSA) is 53.4 Å². The summed E-state index contributed by atoms with van der Waals surface area (Å²) < 4.78 is 67.5. The predicted octanol–water partition coefficient (Wildman–Crippen LogP) is 4.27. The van der Waals surface area contributed by atoms with E-state index in [2.05, 4.69) is 4.98 Å².